The van der Waals surface area contributed by atoms with Crippen LogP contribution in [-0.4, -0.2) is 29.3 Å². The van der Waals surface area contributed by atoms with Gasteiger partial charge in [-0.2, -0.15) is 0 Å². The summed E-state index contributed by atoms with van der Waals surface area (Å²) in [6.07, 6.45) is 3.59. The van der Waals surface area contributed by atoms with Crippen LogP contribution in [0.5, 0.6) is 0 Å². The predicted molar refractivity (Wildman–Crippen MR) is 78.5 cm³/mol. The maximum atomic E-state index is 6.03. The highest BCUT2D eigenvalue weighted by molar-refractivity contribution is 6.42. The van der Waals surface area contributed by atoms with Gasteiger partial charge in [0.05, 0.1) is 22.3 Å². The molecular weight excluding hydrogens is 285 g/mol. The molecule has 1 unspecified atom stereocenters. The van der Waals surface area contributed by atoms with E-state index in [2.05, 4.69) is 10.3 Å². The Balaban J connectivity index is 2.25. The van der Waals surface area contributed by atoms with Crippen LogP contribution in [0.25, 0.3) is 5.69 Å². The van der Waals surface area contributed by atoms with Crippen molar-refractivity contribution in [3.05, 3.63) is 40.6 Å². The van der Waals surface area contributed by atoms with Gasteiger partial charge in [0.25, 0.3) is 0 Å². The highest BCUT2D eigenvalue weighted by atomic mass is 35.5. The number of nitrogens with zero attached hydrogens (tertiary/aromatic N) is 2. The summed E-state index contributed by atoms with van der Waals surface area (Å²) in [5.74, 6) is 0.739. The summed E-state index contributed by atoms with van der Waals surface area (Å²) in [7, 11) is 1.67. The van der Waals surface area contributed by atoms with Gasteiger partial charge in [0, 0.05) is 25.5 Å². The molecule has 1 N–H and O–H groups in total. The van der Waals surface area contributed by atoms with Gasteiger partial charge in [-0.15, -0.1) is 0 Å². The smallest absolute Gasteiger partial charge is 0.207 e. The normalized spacial score (nSPS) is 12.4. The standard InChI is InChI=1S/C13H15Cl2N3O/c1-9(8-19-2)17-13-16-5-6-18(13)10-3-4-11(14)12(15)7-10/h3-7,9H,8H2,1-2H3,(H,16,17). The summed E-state index contributed by atoms with van der Waals surface area (Å²) in [6, 6.07) is 5.62. The average Bonchev–Trinajstić information content (AvgIpc) is 2.81. The summed E-state index contributed by atoms with van der Waals surface area (Å²) in [5, 5.41) is 4.33. The molecule has 2 rings (SSSR count). The molecule has 0 amide bonds. The van der Waals surface area contributed by atoms with E-state index in [9.17, 15) is 0 Å². The number of imidazole rings is 1. The van der Waals surface area contributed by atoms with E-state index < -0.39 is 0 Å². The highest BCUT2D eigenvalue weighted by Gasteiger charge is 2.09. The first-order valence-electron chi connectivity index (χ1n) is 5.86. The molecule has 6 heteroatoms. The molecule has 2 aromatic rings. The summed E-state index contributed by atoms with van der Waals surface area (Å²) < 4.78 is 7.01. The van der Waals surface area contributed by atoms with Gasteiger partial charge >= 0.3 is 0 Å². The maximum absolute atomic E-state index is 6.03. The van der Waals surface area contributed by atoms with Crippen LogP contribution in [0, 0.1) is 0 Å². The second-order valence-electron chi connectivity index (χ2n) is 4.22. The van der Waals surface area contributed by atoms with Crippen molar-refractivity contribution in [3.63, 3.8) is 0 Å². The topological polar surface area (TPSA) is 39.1 Å². The summed E-state index contributed by atoms with van der Waals surface area (Å²) in [4.78, 5) is 4.29. The van der Waals surface area contributed by atoms with Crippen molar-refractivity contribution >= 4 is 29.2 Å². The first kappa shape index (κ1) is 14.2. The van der Waals surface area contributed by atoms with Crippen LogP contribution in [0.3, 0.4) is 0 Å². The Labute approximate surface area is 122 Å². The van der Waals surface area contributed by atoms with Crippen molar-refractivity contribution in [3.8, 4) is 5.69 Å². The quantitative estimate of drug-likeness (QED) is 0.916. The first-order valence-corrected chi connectivity index (χ1v) is 6.61. The monoisotopic (exact) mass is 299 g/mol. The fraction of sp³-hybridized carbons (Fsp3) is 0.308. The molecule has 0 saturated heterocycles. The molecule has 1 aromatic carbocycles. The largest absolute Gasteiger partial charge is 0.383 e. The van der Waals surface area contributed by atoms with E-state index >= 15 is 0 Å². The van der Waals surface area contributed by atoms with E-state index in [1.165, 1.54) is 0 Å². The molecule has 0 radical (unpaired) electrons. The van der Waals surface area contributed by atoms with Gasteiger partial charge in [0.1, 0.15) is 0 Å². The van der Waals surface area contributed by atoms with Crippen LogP contribution in [-0.2, 0) is 4.74 Å². The Morgan fingerprint density at radius 2 is 2.16 bits per heavy atom. The minimum Gasteiger partial charge on any atom is -0.383 e. The van der Waals surface area contributed by atoms with Crippen LogP contribution in [0.4, 0.5) is 5.95 Å². The van der Waals surface area contributed by atoms with Crippen LogP contribution >= 0.6 is 23.2 Å². The van der Waals surface area contributed by atoms with Gasteiger partial charge in [-0.05, 0) is 25.1 Å². The molecule has 19 heavy (non-hydrogen) atoms. The number of benzene rings is 1. The Bertz CT molecular complexity index is 557. The Morgan fingerprint density at radius 1 is 1.37 bits per heavy atom. The number of aromatic nitrogens is 2. The van der Waals surface area contributed by atoms with E-state index in [1.807, 2.05) is 23.8 Å². The summed E-state index contributed by atoms with van der Waals surface area (Å²) in [5.41, 5.74) is 0.902. The number of methoxy groups -OCH3 is 1. The molecular formula is C13H15Cl2N3O. The van der Waals surface area contributed by atoms with Gasteiger partial charge in [-0.1, -0.05) is 23.2 Å². The van der Waals surface area contributed by atoms with E-state index in [-0.39, 0.29) is 6.04 Å². The van der Waals surface area contributed by atoms with Crippen molar-refractivity contribution in [1.82, 2.24) is 9.55 Å². The molecule has 4 nitrogen and oxygen atoms in total. The third-order valence-corrected chi connectivity index (χ3v) is 3.35. The average molecular weight is 300 g/mol. The summed E-state index contributed by atoms with van der Waals surface area (Å²) >= 11 is 12.0. The SMILES string of the molecule is COCC(C)Nc1nccn1-c1ccc(Cl)c(Cl)c1. The molecule has 0 aliphatic carbocycles. The molecule has 0 bridgehead atoms. The third-order valence-electron chi connectivity index (χ3n) is 2.61. The van der Waals surface area contributed by atoms with Crippen molar-refractivity contribution in [2.24, 2.45) is 0 Å². The van der Waals surface area contributed by atoms with E-state index in [0.29, 0.717) is 16.7 Å². The fourth-order valence-electron chi connectivity index (χ4n) is 1.77. The number of halogens is 2. The van der Waals surface area contributed by atoms with Gasteiger partial charge in [-0.25, -0.2) is 4.98 Å². The van der Waals surface area contributed by atoms with E-state index in [1.54, 1.807) is 25.4 Å². The molecule has 0 saturated carbocycles. The Morgan fingerprint density at radius 3 is 2.84 bits per heavy atom. The number of ether oxygens (including phenoxy) is 1. The molecule has 0 fully saturated rings. The second-order valence-corrected chi connectivity index (χ2v) is 5.03. The molecule has 1 aromatic heterocycles. The maximum Gasteiger partial charge on any atom is 0.207 e. The van der Waals surface area contributed by atoms with Crippen LogP contribution in [0.15, 0.2) is 30.6 Å². The number of hydrogen-bond acceptors (Lipinski definition) is 3. The van der Waals surface area contributed by atoms with E-state index in [4.69, 9.17) is 27.9 Å². The zero-order valence-electron chi connectivity index (χ0n) is 10.7. The van der Waals surface area contributed by atoms with Crippen LogP contribution in [0.1, 0.15) is 6.92 Å². The molecule has 0 aliphatic rings. The van der Waals surface area contributed by atoms with Crippen molar-refractivity contribution in [2.75, 3.05) is 19.0 Å². The second kappa shape index (κ2) is 6.28. The van der Waals surface area contributed by atoms with Crippen LogP contribution < -0.4 is 5.32 Å². The minimum atomic E-state index is 0.161. The molecule has 1 atom stereocenters. The number of hydrogen-bond donors (Lipinski definition) is 1. The lowest BCUT2D eigenvalue weighted by Crippen LogP contribution is -2.22. The molecule has 0 spiro atoms. The Kier molecular flexibility index (Phi) is 4.69. The predicted octanol–water partition coefficient (Wildman–Crippen LogP) is 3.63. The van der Waals surface area contributed by atoms with Crippen molar-refractivity contribution < 1.29 is 4.74 Å². The van der Waals surface area contributed by atoms with Gasteiger partial charge in [-0.3, -0.25) is 4.57 Å². The minimum absolute atomic E-state index is 0.161. The highest BCUT2D eigenvalue weighted by Crippen LogP contribution is 2.25. The van der Waals surface area contributed by atoms with Gasteiger partial charge < -0.3 is 10.1 Å². The lowest BCUT2D eigenvalue weighted by Gasteiger charge is -2.15. The number of nitrogens with one attached hydrogen (secondary N) is 1. The molecule has 0 aliphatic heterocycles. The lowest BCUT2D eigenvalue weighted by molar-refractivity contribution is 0.190. The molecule has 1 heterocycles. The Hall–Kier alpha value is -1.23. The van der Waals surface area contributed by atoms with Gasteiger partial charge in [0.15, 0.2) is 0 Å². The third kappa shape index (κ3) is 3.41. The van der Waals surface area contributed by atoms with Crippen molar-refractivity contribution in [1.29, 1.82) is 0 Å². The van der Waals surface area contributed by atoms with Crippen molar-refractivity contribution in [2.45, 2.75) is 13.0 Å². The van der Waals surface area contributed by atoms with E-state index in [0.717, 1.165) is 11.6 Å². The zero-order valence-corrected chi connectivity index (χ0v) is 12.2. The number of rotatable bonds is 5. The number of anilines is 1. The zero-order chi connectivity index (χ0) is 13.8. The summed E-state index contributed by atoms with van der Waals surface area (Å²) in [6.45, 7) is 2.63. The first-order chi connectivity index (χ1) is 9.11. The molecule has 102 valence electrons. The van der Waals surface area contributed by atoms with Crippen LogP contribution in [0.2, 0.25) is 10.0 Å². The lowest BCUT2D eigenvalue weighted by atomic mass is 10.3. The van der Waals surface area contributed by atoms with Gasteiger partial charge in [0.2, 0.25) is 5.95 Å². The fourth-order valence-corrected chi connectivity index (χ4v) is 2.06.